The Morgan fingerprint density at radius 2 is 1.96 bits per heavy atom. The first-order chi connectivity index (χ1) is 11.2. The van der Waals surface area contributed by atoms with Crippen molar-refractivity contribution in [2.45, 2.75) is 77.7 Å². The molecule has 0 bridgehead atoms. The lowest BCUT2D eigenvalue weighted by Gasteiger charge is -2.49. The predicted octanol–water partition coefficient (Wildman–Crippen LogP) is 4.57. The van der Waals surface area contributed by atoms with E-state index in [1.165, 1.54) is 12.0 Å². The molecule has 3 heteroatoms. The van der Waals surface area contributed by atoms with Gasteiger partial charge in [-0.05, 0) is 48.5 Å². The Morgan fingerprint density at radius 3 is 2.58 bits per heavy atom. The number of hydrogen-bond donors (Lipinski definition) is 2. The van der Waals surface area contributed by atoms with Crippen LogP contribution >= 0.6 is 0 Å². The molecule has 2 unspecified atom stereocenters. The highest BCUT2D eigenvalue weighted by Gasteiger charge is 2.49. The number of aliphatic hydroxyl groups is 1. The molecule has 24 heavy (non-hydrogen) atoms. The molecule has 1 aromatic carbocycles. The zero-order valence-corrected chi connectivity index (χ0v) is 15.8. The zero-order chi connectivity index (χ0) is 17.7. The molecule has 0 aliphatic heterocycles. The van der Waals surface area contributed by atoms with Crippen LogP contribution in [0, 0.1) is 11.3 Å². The van der Waals surface area contributed by atoms with Gasteiger partial charge < -0.3 is 14.9 Å². The first-order valence-electron chi connectivity index (χ1n) is 9.33. The van der Waals surface area contributed by atoms with Gasteiger partial charge in [0.15, 0.2) is 11.5 Å². The van der Waals surface area contributed by atoms with Crippen LogP contribution < -0.4 is 4.74 Å². The molecule has 1 saturated carbocycles. The predicted molar refractivity (Wildman–Crippen MR) is 96.8 cm³/mol. The standard InChI is InChI=1S/C21H32O3/c1-13(2)15-11-14-7-8-17-20(3,4)9-6-10-21(17,23)12-16(14)18(22)19(15)24-5/h11,13,17,22-23H,6-10,12H2,1-5H3. The van der Waals surface area contributed by atoms with Gasteiger partial charge in [0.05, 0.1) is 12.7 Å². The van der Waals surface area contributed by atoms with Crippen LogP contribution in [0.5, 0.6) is 11.5 Å². The van der Waals surface area contributed by atoms with Crippen molar-refractivity contribution in [3.63, 3.8) is 0 Å². The van der Waals surface area contributed by atoms with E-state index in [0.717, 1.165) is 36.8 Å². The molecule has 2 N–H and O–H groups in total. The van der Waals surface area contributed by atoms with Crippen molar-refractivity contribution in [1.29, 1.82) is 0 Å². The first kappa shape index (κ1) is 17.6. The van der Waals surface area contributed by atoms with Gasteiger partial charge in [-0.2, -0.15) is 0 Å². The molecular formula is C21H32O3. The molecule has 3 nitrogen and oxygen atoms in total. The lowest BCUT2D eigenvalue weighted by Crippen LogP contribution is -2.50. The lowest BCUT2D eigenvalue weighted by atomic mass is 9.59. The van der Waals surface area contributed by atoms with Crippen molar-refractivity contribution in [3.8, 4) is 11.5 Å². The first-order valence-corrected chi connectivity index (χ1v) is 9.33. The van der Waals surface area contributed by atoms with E-state index in [0.29, 0.717) is 18.1 Å². The molecule has 0 saturated heterocycles. The second-order valence-corrected chi connectivity index (χ2v) is 8.85. The van der Waals surface area contributed by atoms with E-state index in [-0.39, 0.29) is 17.1 Å². The molecule has 0 aromatic heterocycles. The number of phenols is 1. The van der Waals surface area contributed by atoms with Crippen LogP contribution in [0.1, 0.15) is 76.0 Å². The van der Waals surface area contributed by atoms with Gasteiger partial charge in [0.1, 0.15) is 0 Å². The van der Waals surface area contributed by atoms with Gasteiger partial charge in [0.25, 0.3) is 0 Å². The maximum absolute atomic E-state index is 11.5. The van der Waals surface area contributed by atoms with Crippen molar-refractivity contribution in [3.05, 3.63) is 22.8 Å². The number of ether oxygens (including phenoxy) is 1. The van der Waals surface area contributed by atoms with E-state index in [9.17, 15) is 10.2 Å². The van der Waals surface area contributed by atoms with Crippen molar-refractivity contribution in [2.75, 3.05) is 7.11 Å². The summed E-state index contributed by atoms with van der Waals surface area (Å²) in [7, 11) is 1.62. The minimum atomic E-state index is -0.713. The molecule has 2 atom stereocenters. The molecule has 0 radical (unpaired) electrons. The SMILES string of the molecule is COc1c(C(C)C)cc2c(c1O)CC1(O)CCCC(C)(C)C1CC2. The molecule has 2 aliphatic rings. The summed E-state index contributed by atoms with van der Waals surface area (Å²) < 4.78 is 5.52. The molecule has 0 heterocycles. The van der Waals surface area contributed by atoms with Crippen LogP contribution in [0.15, 0.2) is 6.07 Å². The Labute approximate surface area is 146 Å². The number of benzene rings is 1. The molecule has 1 aromatic rings. The number of hydrogen-bond acceptors (Lipinski definition) is 3. The minimum Gasteiger partial charge on any atom is -0.504 e. The average molecular weight is 332 g/mol. The topological polar surface area (TPSA) is 49.7 Å². The molecular weight excluding hydrogens is 300 g/mol. The quantitative estimate of drug-likeness (QED) is 0.834. The molecule has 3 rings (SSSR count). The summed E-state index contributed by atoms with van der Waals surface area (Å²) in [6.07, 6.45) is 5.49. The zero-order valence-electron chi connectivity index (χ0n) is 15.8. The van der Waals surface area contributed by atoms with Gasteiger partial charge in [-0.1, -0.05) is 40.2 Å². The Balaban J connectivity index is 2.11. The Bertz CT molecular complexity index is 632. The van der Waals surface area contributed by atoms with Gasteiger partial charge in [0.2, 0.25) is 0 Å². The fourth-order valence-electron chi connectivity index (χ4n) is 5.23. The average Bonchev–Trinajstić information content (AvgIpc) is 2.64. The number of aromatic hydroxyl groups is 1. The third kappa shape index (κ3) is 2.71. The summed E-state index contributed by atoms with van der Waals surface area (Å²) in [4.78, 5) is 0. The summed E-state index contributed by atoms with van der Waals surface area (Å²) in [6.45, 7) is 8.82. The number of methoxy groups -OCH3 is 1. The van der Waals surface area contributed by atoms with Crippen LogP contribution in [0.4, 0.5) is 0 Å². The van der Waals surface area contributed by atoms with Gasteiger partial charge >= 0.3 is 0 Å². The molecule has 1 fully saturated rings. The highest BCUT2D eigenvalue weighted by Crippen LogP contribution is 2.53. The van der Waals surface area contributed by atoms with Crippen LogP contribution in [-0.4, -0.2) is 22.9 Å². The molecule has 2 aliphatic carbocycles. The Hall–Kier alpha value is -1.22. The summed E-state index contributed by atoms with van der Waals surface area (Å²) in [6, 6.07) is 2.20. The van der Waals surface area contributed by atoms with Crippen LogP contribution in [-0.2, 0) is 12.8 Å². The van der Waals surface area contributed by atoms with E-state index < -0.39 is 5.60 Å². The van der Waals surface area contributed by atoms with Crippen LogP contribution in [0.3, 0.4) is 0 Å². The van der Waals surface area contributed by atoms with E-state index in [2.05, 4.69) is 33.8 Å². The van der Waals surface area contributed by atoms with Crippen molar-refractivity contribution >= 4 is 0 Å². The van der Waals surface area contributed by atoms with Gasteiger partial charge in [0, 0.05) is 17.5 Å². The number of aryl methyl sites for hydroxylation is 1. The van der Waals surface area contributed by atoms with E-state index in [1.807, 2.05) is 0 Å². The highest BCUT2D eigenvalue weighted by molar-refractivity contribution is 5.57. The smallest absolute Gasteiger partial charge is 0.164 e. The maximum Gasteiger partial charge on any atom is 0.164 e. The normalized spacial score (nSPS) is 28.9. The maximum atomic E-state index is 11.5. The van der Waals surface area contributed by atoms with Crippen LogP contribution in [0.25, 0.3) is 0 Å². The van der Waals surface area contributed by atoms with Gasteiger partial charge in [-0.15, -0.1) is 0 Å². The summed E-state index contributed by atoms with van der Waals surface area (Å²) in [5.74, 6) is 1.40. The highest BCUT2D eigenvalue weighted by atomic mass is 16.5. The summed E-state index contributed by atoms with van der Waals surface area (Å²) in [5.41, 5.74) is 2.59. The molecule has 134 valence electrons. The third-order valence-electron chi connectivity index (χ3n) is 6.51. The lowest BCUT2D eigenvalue weighted by molar-refractivity contribution is -0.102. The van der Waals surface area contributed by atoms with Crippen molar-refractivity contribution in [2.24, 2.45) is 11.3 Å². The van der Waals surface area contributed by atoms with E-state index in [4.69, 9.17) is 4.74 Å². The largest absolute Gasteiger partial charge is 0.504 e. The fraction of sp³-hybridized carbons (Fsp3) is 0.714. The number of fused-ring (bicyclic) bond motifs is 2. The third-order valence-corrected chi connectivity index (χ3v) is 6.51. The van der Waals surface area contributed by atoms with Gasteiger partial charge in [-0.25, -0.2) is 0 Å². The molecule has 0 spiro atoms. The second kappa shape index (κ2) is 5.94. The van der Waals surface area contributed by atoms with Crippen molar-refractivity contribution < 1.29 is 14.9 Å². The number of rotatable bonds is 2. The monoisotopic (exact) mass is 332 g/mol. The summed E-state index contributed by atoms with van der Waals surface area (Å²) >= 11 is 0. The number of phenolic OH excluding ortho intramolecular Hbond substituents is 1. The fourth-order valence-corrected chi connectivity index (χ4v) is 5.23. The van der Waals surface area contributed by atoms with E-state index in [1.54, 1.807) is 7.11 Å². The van der Waals surface area contributed by atoms with Crippen molar-refractivity contribution in [1.82, 2.24) is 0 Å². The Kier molecular flexibility index (Phi) is 4.36. The van der Waals surface area contributed by atoms with Gasteiger partial charge in [-0.3, -0.25) is 0 Å². The molecule has 0 amide bonds. The van der Waals surface area contributed by atoms with E-state index >= 15 is 0 Å². The second-order valence-electron chi connectivity index (χ2n) is 8.85. The minimum absolute atomic E-state index is 0.148. The summed E-state index contributed by atoms with van der Waals surface area (Å²) in [5, 5.41) is 22.4. The van der Waals surface area contributed by atoms with Crippen LogP contribution in [0.2, 0.25) is 0 Å². The Morgan fingerprint density at radius 1 is 1.25 bits per heavy atom.